The Balaban J connectivity index is 1.75. The number of hydrogen-bond donors (Lipinski definition) is 1. The van der Waals surface area contributed by atoms with Gasteiger partial charge in [-0.2, -0.15) is 11.8 Å². The quantitative estimate of drug-likeness (QED) is 0.888. The van der Waals surface area contributed by atoms with Crippen LogP contribution in [-0.4, -0.2) is 49.8 Å². The van der Waals surface area contributed by atoms with Gasteiger partial charge in [0.15, 0.2) is 5.69 Å². The molecular weight excluding hydrogens is 266 g/mol. The minimum Gasteiger partial charge on any atom is -0.476 e. The third-order valence-electron chi connectivity index (χ3n) is 3.97. The van der Waals surface area contributed by atoms with Gasteiger partial charge in [0.1, 0.15) is 0 Å². The van der Waals surface area contributed by atoms with E-state index in [1.807, 2.05) is 11.8 Å². The van der Waals surface area contributed by atoms with E-state index >= 15 is 0 Å². The Kier molecular flexibility index (Phi) is 3.49. The second-order valence-electron chi connectivity index (χ2n) is 5.18. The minimum atomic E-state index is -1.03. The molecule has 6 nitrogen and oxygen atoms in total. The molecule has 0 aromatic carbocycles. The average Bonchev–Trinajstić information content (AvgIpc) is 2.89. The van der Waals surface area contributed by atoms with E-state index in [1.54, 1.807) is 4.68 Å². The zero-order valence-corrected chi connectivity index (χ0v) is 11.4. The molecule has 0 aliphatic carbocycles. The average molecular weight is 283 g/mol. The van der Waals surface area contributed by atoms with Crippen LogP contribution in [0.1, 0.15) is 42.2 Å². The number of nitrogens with zero attached hydrogens (tertiary/aromatic N) is 3. The van der Waals surface area contributed by atoms with Crippen LogP contribution in [0.2, 0.25) is 0 Å². The van der Waals surface area contributed by atoms with Crippen LogP contribution in [0.3, 0.4) is 0 Å². The van der Waals surface area contributed by atoms with Gasteiger partial charge in [-0.15, -0.1) is 5.10 Å². The number of rotatable bonds is 2. The van der Waals surface area contributed by atoms with Crippen LogP contribution in [0.15, 0.2) is 6.20 Å². The Labute approximate surface area is 115 Å². The number of carboxylic acid groups (broad SMARTS) is 1. The van der Waals surface area contributed by atoms with Crippen molar-refractivity contribution in [3.05, 3.63) is 11.9 Å². The molecule has 104 valence electrons. The van der Waals surface area contributed by atoms with Crippen molar-refractivity contribution in [3.8, 4) is 0 Å². The molecule has 2 aliphatic rings. The summed E-state index contributed by atoms with van der Waals surface area (Å²) in [6.45, 7) is 0.720. The van der Waals surface area contributed by atoms with Crippen molar-refractivity contribution in [1.82, 2.24) is 15.0 Å². The molecule has 2 fully saturated rings. The highest BCUT2D eigenvalue weighted by Crippen LogP contribution is 2.41. The second-order valence-corrected chi connectivity index (χ2v) is 6.40. The van der Waals surface area contributed by atoms with Gasteiger partial charge in [-0.1, -0.05) is 5.21 Å². The highest BCUT2D eigenvalue weighted by molar-refractivity contribution is 7.99. The highest BCUT2D eigenvalue weighted by Gasteiger charge is 2.39. The Morgan fingerprint density at radius 1 is 1.53 bits per heavy atom. The lowest BCUT2D eigenvalue weighted by atomic mass is 9.85. The first-order chi connectivity index (χ1) is 9.19. The first-order valence-electron chi connectivity index (χ1n) is 6.55. The lowest BCUT2D eigenvalue weighted by molar-refractivity contribution is -0.100. The van der Waals surface area contributed by atoms with Gasteiger partial charge in [-0.05, 0) is 37.2 Å². The molecule has 0 amide bonds. The molecule has 3 heterocycles. The normalized spacial score (nSPS) is 26.4. The predicted octanol–water partition coefficient (Wildman–Crippen LogP) is 1.59. The van der Waals surface area contributed by atoms with Crippen LogP contribution < -0.4 is 0 Å². The molecule has 1 unspecified atom stereocenters. The van der Waals surface area contributed by atoms with Crippen LogP contribution in [0.25, 0.3) is 0 Å². The van der Waals surface area contributed by atoms with Crippen LogP contribution >= 0.6 is 11.8 Å². The van der Waals surface area contributed by atoms with Crippen molar-refractivity contribution >= 4 is 17.7 Å². The Morgan fingerprint density at radius 3 is 3.00 bits per heavy atom. The van der Waals surface area contributed by atoms with Gasteiger partial charge < -0.3 is 9.84 Å². The van der Waals surface area contributed by atoms with Gasteiger partial charge in [-0.25, -0.2) is 9.48 Å². The fraction of sp³-hybridized carbons (Fsp3) is 0.750. The molecule has 1 atom stereocenters. The summed E-state index contributed by atoms with van der Waals surface area (Å²) in [7, 11) is 0. The Bertz CT molecular complexity index is 465. The van der Waals surface area contributed by atoms with Crippen LogP contribution in [-0.2, 0) is 4.74 Å². The zero-order valence-electron chi connectivity index (χ0n) is 10.6. The summed E-state index contributed by atoms with van der Waals surface area (Å²) in [5.41, 5.74) is -0.0107. The number of thioether (sulfide) groups is 1. The maximum absolute atomic E-state index is 10.8. The molecule has 1 N–H and O–H groups in total. The van der Waals surface area contributed by atoms with E-state index in [2.05, 4.69) is 10.3 Å². The van der Waals surface area contributed by atoms with Crippen LogP contribution in [0.5, 0.6) is 0 Å². The van der Waals surface area contributed by atoms with E-state index < -0.39 is 5.97 Å². The summed E-state index contributed by atoms with van der Waals surface area (Å²) in [6.07, 6.45) is 5.47. The first kappa shape index (κ1) is 12.9. The van der Waals surface area contributed by atoms with Crippen molar-refractivity contribution < 1.29 is 14.6 Å². The number of carbonyl (C=O) groups is 1. The molecular formula is C12H17N3O3S. The van der Waals surface area contributed by atoms with Crippen molar-refractivity contribution in [1.29, 1.82) is 0 Å². The Morgan fingerprint density at radius 2 is 2.32 bits per heavy atom. The van der Waals surface area contributed by atoms with Crippen LogP contribution in [0.4, 0.5) is 0 Å². The summed E-state index contributed by atoms with van der Waals surface area (Å²) >= 11 is 1.98. The lowest BCUT2D eigenvalue weighted by Gasteiger charge is -2.43. The maximum atomic E-state index is 10.8. The molecule has 1 aromatic rings. The first-order valence-corrected chi connectivity index (χ1v) is 7.71. The van der Waals surface area contributed by atoms with Crippen molar-refractivity contribution in [2.24, 2.45) is 0 Å². The number of hydrogen-bond acceptors (Lipinski definition) is 5. The van der Waals surface area contributed by atoms with Crippen molar-refractivity contribution in [2.75, 3.05) is 18.1 Å². The number of aromatic nitrogens is 3. The number of carboxylic acids is 1. The second kappa shape index (κ2) is 5.13. The third-order valence-corrected chi connectivity index (χ3v) is 4.96. The summed E-state index contributed by atoms with van der Waals surface area (Å²) in [4.78, 5) is 10.8. The maximum Gasteiger partial charge on any atom is 0.358 e. The van der Waals surface area contributed by atoms with Crippen molar-refractivity contribution in [3.63, 3.8) is 0 Å². The summed E-state index contributed by atoms with van der Waals surface area (Å²) in [5.74, 6) is 1.26. The fourth-order valence-corrected chi connectivity index (χ4v) is 4.11. The van der Waals surface area contributed by atoms with Crippen molar-refractivity contribution in [2.45, 2.75) is 37.3 Å². The summed E-state index contributed by atoms with van der Waals surface area (Å²) in [6, 6.07) is 0.206. The largest absolute Gasteiger partial charge is 0.476 e. The van der Waals surface area contributed by atoms with E-state index in [-0.39, 0.29) is 17.3 Å². The van der Waals surface area contributed by atoms with Gasteiger partial charge in [0, 0.05) is 6.61 Å². The van der Waals surface area contributed by atoms with Gasteiger partial charge >= 0.3 is 5.97 Å². The molecule has 19 heavy (non-hydrogen) atoms. The highest BCUT2D eigenvalue weighted by atomic mass is 32.2. The molecule has 2 aliphatic heterocycles. The summed E-state index contributed by atoms with van der Waals surface area (Å²) < 4.78 is 7.73. The van der Waals surface area contributed by atoms with Crippen LogP contribution in [0, 0.1) is 0 Å². The molecule has 7 heteroatoms. The van der Waals surface area contributed by atoms with Gasteiger partial charge in [0.2, 0.25) is 0 Å². The Hall–Kier alpha value is -1.08. The molecule has 2 saturated heterocycles. The van der Waals surface area contributed by atoms with Gasteiger partial charge in [0.05, 0.1) is 17.8 Å². The molecule has 1 aromatic heterocycles. The number of aromatic carboxylic acids is 1. The van der Waals surface area contributed by atoms with E-state index in [4.69, 9.17) is 9.84 Å². The zero-order chi connectivity index (χ0) is 13.3. The smallest absolute Gasteiger partial charge is 0.358 e. The minimum absolute atomic E-state index is 0.0136. The number of ether oxygens (including phenoxy) is 1. The molecule has 0 bridgehead atoms. The van der Waals surface area contributed by atoms with E-state index in [0.717, 1.165) is 43.8 Å². The fourth-order valence-electron chi connectivity index (χ4n) is 2.87. The van der Waals surface area contributed by atoms with E-state index in [1.165, 1.54) is 6.20 Å². The van der Waals surface area contributed by atoms with E-state index in [0.29, 0.717) is 0 Å². The third kappa shape index (κ3) is 2.62. The van der Waals surface area contributed by atoms with Gasteiger partial charge in [-0.3, -0.25) is 0 Å². The molecule has 0 radical (unpaired) electrons. The predicted molar refractivity (Wildman–Crippen MR) is 70.5 cm³/mol. The van der Waals surface area contributed by atoms with Gasteiger partial charge in [0.25, 0.3) is 0 Å². The topological polar surface area (TPSA) is 77.2 Å². The standard InChI is InChI=1S/C12H17N3O3S/c16-11(17)10-8-15(14-13-10)9-1-4-18-12(7-9)2-5-19-6-3-12/h8-9H,1-7H2,(H,16,17). The molecule has 0 saturated carbocycles. The molecule has 3 rings (SSSR count). The monoisotopic (exact) mass is 283 g/mol. The SMILES string of the molecule is O=C(O)c1cn(C2CCOC3(CCSCC3)C2)nn1. The summed E-state index contributed by atoms with van der Waals surface area (Å²) in [5, 5.41) is 16.6. The van der Waals surface area contributed by atoms with E-state index in [9.17, 15) is 4.79 Å². The molecule has 1 spiro atoms. The lowest BCUT2D eigenvalue weighted by Crippen LogP contribution is -2.43.